The van der Waals surface area contributed by atoms with Crippen LogP contribution in [0.25, 0.3) is 0 Å². The van der Waals surface area contributed by atoms with Crippen LogP contribution in [-0.2, 0) is 0 Å². The molecule has 114 valence electrons. The van der Waals surface area contributed by atoms with Crippen molar-refractivity contribution in [3.8, 4) is 0 Å². The lowest BCUT2D eigenvalue weighted by molar-refractivity contribution is 0.0611. The number of rotatable bonds is 4. The highest BCUT2D eigenvalue weighted by Gasteiger charge is 2.27. The van der Waals surface area contributed by atoms with E-state index in [2.05, 4.69) is 16.8 Å². The smallest absolute Gasteiger partial charge is 0.254 e. The lowest BCUT2D eigenvalue weighted by Gasteiger charge is -2.38. The minimum absolute atomic E-state index is 0.0727. The molecule has 1 aromatic heterocycles. The number of carbonyl (C=O) groups excluding carboxylic acids is 1. The van der Waals surface area contributed by atoms with Crippen molar-refractivity contribution in [3.05, 3.63) is 29.6 Å². The molecule has 0 saturated carbocycles. The maximum Gasteiger partial charge on any atom is 0.254 e. The molecule has 1 fully saturated rings. The standard InChI is InChI=1S/C15H22N4OS/c1-3-13(14(16)21)18-6-8-19(9-7-18)15(20)12-4-5-17-11(2)10-12/h4-5,10,13H,3,6-9H2,1-2H3,(H2,16,21). The van der Waals surface area contributed by atoms with E-state index in [1.54, 1.807) is 12.3 Å². The monoisotopic (exact) mass is 306 g/mol. The zero-order valence-electron chi connectivity index (χ0n) is 12.6. The number of pyridine rings is 1. The molecule has 6 heteroatoms. The molecular formula is C15H22N4OS. The fourth-order valence-corrected chi connectivity index (χ4v) is 3.05. The van der Waals surface area contributed by atoms with Gasteiger partial charge in [0, 0.05) is 43.6 Å². The first-order chi connectivity index (χ1) is 10.0. The molecule has 0 bridgehead atoms. The molecule has 0 aromatic carbocycles. The summed E-state index contributed by atoms with van der Waals surface area (Å²) in [5.74, 6) is 0.0727. The molecule has 21 heavy (non-hydrogen) atoms. The van der Waals surface area contributed by atoms with Gasteiger partial charge >= 0.3 is 0 Å². The van der Waals surface area contributed by atoms with Gasteiger partial charge in [0.2, 0.25) is 0 Å². The van der Waals surface area contributed by atoms with Crippen LogP contribution in [0, 0.1) is 6.92 Å². The molecule has 2 heterocycles. The normalized spacial score (nSPS) is 17.5. The van der Waals surface area contributed by atoms with Gasteiger partial charge in [-0.3, -0.25) is 14.7 Å². The average Bonchev–Trinajstić information content (AvgIpc) is 2.47. The third kappa shape index (κ3) is 3.77. The third-order valence-corrected chi connectivity index (χ3v) is 4.17. The van der Waals surface area contributed by atoms with Crippen LogP contribution < -0.4 is 5.73 Å². The summed E-state index contributed by atoms with van der Waals surface area (Å²) in [7, 11) is 0. The van der Waals surface area contributed by atoms with Gasteiger partial charge in [-0.05, 0) is 25.5 Å². The van der Waals surface area contributed by atoms with Crippen molar-refractivity contribution < 1.29 is 4.79 Å². The van der Waals surface area contributed by atoms with E-state index >= 15 is 0 Å². The highest BCUT2D eigenvalue weighted by Crippen LogP contribution is 2.13. The van der Waals surface area contributed by atoms with Gasteiger partial charge in [0.25, 0.3) is 5.91 Å². The second-order valence-electron chi connectivity index (χ2n) is 5.34. The number of piperazine rings is 1. The summed E-state index contributed by atoms with van der Waals surface area (Å²) in [5, 5.41) is 0. The zero-order valence-corrected chi connectivity index (χ0v) is 13.4. The largest absolute Gasteiger partial charge is 0.392 e. The molecule has 1 atom stereocenters. The van der Waals surface area contributed by atoms with E-state index < -0.39 is 0 Å². The second-order valence-corrected chi connectivity index (χ2v) is 5.81. The molecule has 5 nitrogen and oxygen atoms in total. The van der Waals surface area contributed by atoms with Crippen molar-refractivity contribution >= 4 is 23.1 Å². The van der Waals surface area contributed by atoms with Gasteiger partial charge in [-0.25, -0.2) is 0 Å². The maximum atomic E-state index is 12.5. The SMILES string of the molecule is CCC(C(N)=S)N1CCN(C(=O)c2ccnc(C)c2)CC1. The number of carbonyl (C=O) groups is 1. The fourth-order valence-electron chi connectivity index (χ4n) is 2.74. The molecule has 1 aliphatic heterocycles. The van der Waals surface area contributed by atoms with E-state index in [4.69, 9.17) is 18.0 Å². The van der Waals surface area contributed by atoms with Gasteiger partial charge in [0.15, 0.2) is 0 Å². The number of nitrogens with zero attached hydrogens (tertiary/aromatic N) is 3. The molecule has 0 aliphatic carbocycles. The Morgan fingerprint density at radius 3 is 2.62 bits per heavy atom. The molecule has 1 amide bonds. The Labute approximate surface area is 131 Å². The van der Waals surface area contributed by atoms with Gasteiger partial charge < -0.3 is 10.6 Å². The van der Waals surface area contributed by atoms with Gasteiger partial charge in [-0.2, -0.15) is 0 Å². The number of hydrogen-bond acceptors (Lipinski definition) is 4. The Kier molecular flexibility index (Phi) is 5.25. The zero-order chi connectivity index (χ0) is 15.4. The van der Waals surface area contributed by atoms with Crippen LogP contribution in [0.3, 0.4) is 0 Å². The summed E-state index contributed by atoms with van der Waals surface area (Å²) < 4.78 is 0. The van der Waals surface area contributed by atoms with Crippen LogP contribution >= 0.6 is 12.2 Å². The molecule has 1 aliphatic rings. The maximum absolute atomic E-state index is 12.5. The van der Waals surface area contributed by atoms with Crippen LogP contribution in [0.15, 0.2) is 18.3 Å². The summed E-state index contributed by atoms with van der Waals surface area (Å²) in [6.45, 7) is 7.01. The number of thiocarbonyl (C=S) groups is 1. The second kappa shape index (κ2) is 6.95. The minimum atomic E-state index is 0.0727. The van der Waals surface area contributed by atoms with Crippen molar-refractivity contribution in [1.82, 2.24) is 14.8 Å². The van der Waals surface area contributed by atoms with Gasteiger partial charge in [0.05, 0.1) is 11.0 Å². The predicted octanol–water partition coefficient (Wildman–Crippen LogP) is 1.21. The first-order valence-corrected chi connectivity index (χ1v) is 7.69. The summed E-state index contributed by atoms with van der Waals surface area (Å²) >= 11 is 5.12. The van der Waals surface area contributed by atoms with E-state index in [-0.39, 0.29) is 11.9 Å². The molecule has 2 N–H and O–H groups in total. The lowest BCUT2D eigenvalue weighted by Crippen LogP contribution is -2.54. The van der Waals surface area contributed by atoms with Gasteiger partial charge in [-0.15, -0.1) is 0 Å². The van der Waals surface area contributed by atoms with Crippen molar-refractivity contribution in [1.29, 1.82) is 0 Å². The molecule has 1 unspecified atom stereocenters. The average molecular weight is 306 g/mol. The van der Waals surface area contributed by atoms with Crippen LogP contribution in [0.5, 0.6) is 0 Å². The highest BCUT2D eigenvalue weighted by molar-refractivity contribution is 7.80. The van der Waals surface area contributed by atoms with E-state index in [1.807, 2.05) is 17.9 Å². The van der Waals surface area contributed by atoms with E-state index in [1.165, 1.54) is 0 Å². The Balaban J connectivity index is 1.97. The Morgan fingerprint density at radius 2 is 2.10 bits per heavy atom. The minimum Gasteiger partial charge on any atom is -0.392 e. The van der Waals surface area contributed by atoms with Gasteiger partial charge in [0.1, 0.15) is 0 Å². The first kappa shape index (κ1) is 15.9. The molecule has 1 saturated heterocycles. The number of hydrogen-bond donors (Lipinski definition) is 1. The lowest BCUT2D eigenvalue weighted by atomic mass is 10.1. The third-order valence-electron chi connectivity index (χ3n) is 3.90. The number of amides is 1. The Morgan fingerprint density at radius 1 is 1.43 bits per heavy atom. The Hall–Kier alpha value is -1.53. The van der Waals surface area contributed by atoms with Crippen LogP contribution in [0.4, 0.5) is 0 Å². The van der Waals surface area contributed by atoms with Crippen molar-refractivity contribution in [2.45, 2.75) is 26.3 Å². The van der Waals surface area contributed by atoms with Crippen molar-refractivity contribution in [3.63, 3.8) is 0 Å². The molecule has 1 aromatic rings. The number of aromatic nitrogens is 1. The van der Waals surface area contributed by atoms with Crippen LogP contribution in [0.2, 0.25) is 0 Å². The molecular weight excluding hydrogens is 284 g/mol. The van der Waals surface area contributed by atoms with Gasteiger partial charge in [-0.1, -0.05) is 19.1 Å². The quantitative estimate of drug-likeness (QED) is 0.847. The highest BCUT2D eigenvalue weighted by atomic mass is 32.1. The number of nitrogens with two attached hydrogens (primary N) is 1. The summed E-state index contributed by atoms with van der Waals surface area (Å²) in [4.78, 5) is 21.3. The van der Waals surface area contributed by atoms with E-state index in [9.17, 15) is 4.79 Å². The molecule has 0 radical (unpaired) electrons. The molecule has 0 spiro atoms. The first-order valence-electron chi connectivity index (χ1n) is 7.28. The van der Waals surface area contributed by atoms with Crippen LogP contribution in [-0.4, -0.2) is 57.9 Å². The summed E-state index contributed by atoms with van der Waals surface area (Å²) in [5.41, 5.74) is 7.35. The summed E-state index contributed by atoms with van der Waals surface area (Å²) in [6, 6.07) is 3.74. The molecule has 2 rings (SSSR count). The van der Waals surface area contributed by atoms with Crippen LogP contribution in [0.1, 0.15) is 29.4 Å². The fraction of sp³-hybridized carbons (Fsp3) is 0.533. The summed E-state index contributed by atoms with van der Waals surface area (Å²) in [6.07, 6.45) is 2.59. The number of aryl methyl sites for hydroxylation is 1. The Bertz CT molecular complexity index is 526. The van der Waals surface area contributed by atoms with Crippen molar-refractivity contribution in [2.75, 3.05) is 26.2 Å². The van der Waals surface area contributed by atoms with E-state index in [0.29, 0.717) is 23.6 Å². The topological polar surface area (TPSA) is 62.5 Å². The predicted molar refractivity (Wildman–Crippen MR) is 87.3 cm³/mol. The van der Waals surface area contributed by atoms with E-state index in [0.717, 1.165) is 25.2 Å². The van der Waals surface area contributed by atoms with Crippen molar-refractivity contribution in [2.24, 2.45) is 5.73 Å².